The lowest BCUT2D eigenvalue weighted by molar-refractivity contribution is -0.116. The van der Waals surface area contributed by atoms with E-state index < -0.39 is 0 Å². The third kappa shape index (κ3) is 3.68. The van der Waals surface area contributed by atoms with Gasteiger partial charge in [0.15, 0.2) is 0 Å². The Bertz CT molecular complexity index is 556. The molecule has 2 aromatic rings. The minimum Gasteiger partial charge on any atom is -0.298 e. The number of thioether (sulfide) groups is 1. The molecule has 1 heterocycles. The highest BCUT2D eigenvalue weighted by Crippen LogP contribution is 2.26. The Balaban J connectivity index is 1.87. The summed E-state index contributed by atoms with van der Waals surface area (Å²) >= 11 is 4.99. The molecule has 0 saturated carbocycles. The van der Waals surface area contributed by atoms with Gasteiger partial charge >= 0.3 is 0 Å². The standard InChI is InChI=1S/C12H12BrN3OS/c1-16-7-9(14-15-16)6-10(17)8-18-12-5-3-2-4-11(12)13/h2-5,7H,6,8H2,1H3. The number of carbonyl (C=O) groups is 1. The number of hydrogen-bond acceptors (Lipinski definition) is 4. The van der Waals surface area contributed by atoms with Crippen LogP contribution >= 0.6 is 27.7 Å². The minimum atomic E-state index is 0.149. The second kappa shape index (κ2) is 6.15. The Labute approximate surface area is 118 Å². The van der Waals surface area contributed by atoms with Gasteiger partial charge in [-0.1, -0.05) is 17.3 Å². The lowest BCUT2D eigenvalue weighted by atomic mass is 10.2. The van der Waals surface area contributed by atoms with E-state index in [1.54, 1.807) is 17.9 Å². The summed E-state index contributed by atoms with van der Waals surface area (Å²) < 4.78 is 2.62. The van der Waals surface area contributed by atoms with Crippen molar-refractivity contribution < 1.29 is 4.79 Å². The monoisotopic (exact) mass is 325 g/mol. The van der Waals surface area contributed by atoms with Crippen LogP contribution in [0.3, 0.4) is 0 Å². The van der Waals surface area contributed by atoms with Crippen LogP contribution in [-0.2, 0) is 18.3 Å². The number of aromatic nitrogens is 3. The molecule has 18 heavy (non-hydrogen) atoms. The first-order valence-corrected chi connectivity index (χ1v) is 7.17. The molecule has 6 heteroatoms. The normalized spacial score (nSPS) is 10.6. The van der Waals surface area contributed by atoms with Gasteiger partial charge < -0.3 is 0 Å². The fourth-order valence-corrected chi connectivity index (χ4v) is 2.88. The Kier molecular flexibility index (Phi) is 4.54. The largest absolute Gasteiger partial charge is 0.298 e. The number of nitrogens with zero attached hydrogens (tertiary/aromatic N) is 3. The number of Topliss-reactive ketones (excluding diaryl/α,β-unsaturated/α-hetero) is 1. The van der Waals surface area contributed by atoms with E-state index in [9.17, 15) is 4.79 Å². The summed E-state index contributed by atoms with van der Waals surface area (Å²) in [6.45, 7) is 0. The number of aryl methyl sites for hydroxylation is 1. The molecule has 94 valence electrons. The van der Waals surface area contributed by atoms with Gasteiger partial charge in [-0.2, -0.15) is 0 Å². The lowest BCUT2D eigenvalue weighted by Crippen LogP contribution is -2.06. The Morgan fingerprint density at radius 3 is 2.89 bits per heavy atom. The van der Waals surface area contributed by atoms with Gasteiger partial charge in [-0.3, -0.25) is 9.48 Å². The molecule has 0 fully saturated rings. The molecule has 4 nitrogen and oxygen atoms in total. The van der Waals surface area contributed by atoms with E-state index in [-0.39, 0.29) is 5.78 Å². The Morgan fingerprint density at radius 2 is 2.22 bits per heavy atom. The summed E-state index contributed by atoms with van der Waals surface area (Å²) in [4.78, 5) is 12.9. The molecule has 0 aliphatic carbocycles. The molecule has 1 aromatic carbocycles. The number of ketones is 1. The lowest BCUT2D eigenvalue weighted by Gasteiger charge is -2.02. The molecular weight excluding hydrogens is 314 g/mol. The number of benzene rings is 1. The maximum absolute atomic E-state index is 11.8. The molecule has 0 N–H and O–H groups in total. The molecule has 0 radical (unpaired) electrons. The van der Waals surface area contributed by atoms with E-state index in [1.165, 1.54) is 11.8 Å². The molecule has 0 saturated heterocycles. The van der Waals surface area contributed by atoms with Gasteiger partial charge in [0.1, 0.15) is 5.78 Å². The quantitative estimate of drug-likeness (QED) is 0.792. The summed E-state index contributed by atoms with van der Waals surface area (Å²) in [5.41, 5.74) is 0.718. The zero-order valence-corrected chi connectivity index (χ0v) is 12.2. The van der Waals surface area contributed by atoms with Gasteiger partial charge in [0.2, 0.25) is 0 Å². The molecular formula is C12H12BrN3OS. The molecule has 2 rings (SSSR count). The maximum Gasteiger partial charge on any atom is 0.149 e. The van der Waals surface area contributed by atoms with E-state index in [0.29, 0.717) is 12.2 Å². The first-order chi connectivity index (χ1) is 8.65. The number of halogens is 1. The first kappa shape index (κ1) is 13.3. The average molecular weight is 326 g/mol. The minimum absolute atomic E-state index is 0.149. The fourth-order valence-electron chi connectivity index (χ4n) is 1.45. The van der Waals surface area contributed by atoms with E-state index in [2.05, 4.69) is 26.2 Å². The molecule has 0 aliphatic heterocycles. The number of hydrogen-bond donors (Lipinski definition) is 0. The SMILES string of the molecule is Cn1cc(CC(=O)CSc2ccccc2Br)nn1. The van der Waals surface area contributed by atoms with E-state index >= 15 is 0 Å². The summed E-state index contributed by atoms with van der Waals surface area (Å²) in [7, 11) is 1.79. The topological polar surface area (TPSA) is 47.8 Å². The van der Waals surface area contributed by atoms with Crippen LogP contribution in [0.4, 0.5) is 0 Å². The third-order valence-corrected chi connectivity index (χ3v) is 4.34. The fraction of sp³-hybridized carbons (Fsp3) is 0.250. The van der Waals surface area contributed by atoms with Crippen molar-refractivity contribution in [3.05, 3.63) is 40.6 Å². The second-order valence-electron chi connectivity index (χ2n) is 3.82. The third-order valence-electron chi connectivity index (χ3n) is 2.25. The molecule has 0 atom stereocenters. The van der Waals surface area contributed by atoms with Crippen LogP contribution in [0.1, 0.15) is 5.69 Å². The highest BCUT2D eigenvalue weighted by Gasteiger charge is 2.08. The van der Waals surface area contributed by atoms with Crippen molar-refractivity contribution in [1.29, 1.82) is 0 Å². The van der Waals surface area contributed by atoms with Crippen LogP contribution in [0.2, 0.25) is 0 Å². The van der Waals surface area contributed by atoms with E-state index in [4.69, 9.17) is 0 Å². The van der Waals surface area contributed by atoms with Crippen LogP contribution in [0.15, 0.2) is 39.8 Å². The predicted molar refractivity (Wildman–Crippen MR) is 74.6 cm³/mol. The molecule has 0 aliphatic rings. The van der Waals surface area contributed by atoms with Gasteiger partial charge in [0, 0.05) is 22.6 Å². The van der Waals surface area contributed by atoms with Gasteiger partial charge in [-0.15, -0.1) is 16.9 Å². The van der Waals surface area contributed by atoms with Crippen molar-refractivity contribution in [1.82, 2.24) is 15.0 Å². The first-order valence-electron chi connectivity index (χ1n) is 5.39. The van der Waals surface area contributed by atoms with Crippen molar-refractivity contribution >= 4 is 33.5 Å². The molecule has 0 unspecified atom stereocenters. The number of carbonyl (C=O) groups excluding carboxylic acids is 1. The smallest absolute Gasteiger partial charge is 0.149 e. The summed E-state index contributed by atoms with van der Waals surface area (Å²) in [6.07, 6.45) is 2.10. The van der Waals surface area contributed by atoms with Gasteiger partial charge in [0.25, 0.3) is 0 Å². The number of rotatable bonds is 5. The maximum atomic E-state index is 11.8. The van der Waals surface area contributed by atoms with Gasteiger partial charge in [-0.05, 0) is 28.1 Å². The Morgan fingerprint density at radius 1 is 1.44 bits per heavy atom. The summed E-state index contributed by atoms with van der Waals surface area (Å²) in [5, 5.41) is 7.70. The van der Waals surface area contributed by atoms with Crippen molar-refractivity contribution in [2.45, 2.75) is 11.3 Å². The van der Waals surface area contributed by atoms with Crippen molar-refractivity contribution in [2.75, 3.05) is 5.75 Å². The zero-order chi connectivity index (χ0) is 13.0. The highest BCUT2D eigenvalue weighted by atomic mass is 79.9. The van der Waals surface area contributed by atoms with Crippen molar-refractivity contribution in [3.63, 3.8) is 0 Å². The Hall–Kier alpha value is -1.14. The van der Waals surface area contributed by atoms with Crippen LogP contribution < -0.4 is 0 Å². The van der Waals surface area contributed by atoms with E-state index in [0.717, 1.165) is 15.1 Å². The van der Waals surface area contributed by atoms with Crippen LogP contribution in [0.5, 0.6) is 0 Å². The summed E-state index contributed by atoms with van der Waals surface area (Å²) in [6, 6.07) is 7.87. The van der Waals surface area contributed by atoms with Crippen LogP contribution in [0, 0.1) is 0 Å². The second-order valence-corrected chi connectivity index (χ2v) is 5.69. The molecule has 0 amide bonds. The summed E-state index contributed by atoms with van der Waals surface area (Å²) in [5.74, 6) is 0.593. The highest BCUT2D eigenvalue weighted by molar-refractivity contribution is 9.10. The van der Waals surface area contributed by atoms with Gasteiger partial charge in [-0.25, -0.2) is 0 Å². The van der Waals surface area contributed by atoms with Crippen molar-refractivity contribution in [2.24, 2.45) is 7.05 Å². The van der Waals surface area contributed by atoms with Gasteiger partial charge in [0.05, 0.1) is 17.9 Å². The predicted octanol–water partition coefficient (Wildman–Crippen LogP) is 2.48. The van der Waals surface area contributed by atoms with Crippen molar-refractivity contribution in [3.8, 4) is 0 Å². The van der Waals surface area contributed by atoms with E-state index in [1.807, 2.05) is 24.3 Å². The zero-order valence-electron chi connectivity index (χ0n) is 9.84. The molecule has 0 bridgehead atoms. The van der Waals surface area contributed by atoms with Crippen LogP contribution in [0.25, 0.3) is 0 Å². The van der Waals surface area contributed by atoms with Crippen LogP contribution in [-0.4, -0.2) is 26.5 Å². The average Bonchev–Trinajstić information content (AvgIpc) is 2.74. The molecule has 0 spiro atoms. The molecule has 1 aromatic heterocycles.